The summed E-state index contributed by atoms with van der Waals surface area (Å²) in [5.74, 6) is 0.0540. The van der Waals surface area contributed by atoms with E-state index in [0.717, 1.165) is 11.3 Å². The second kappa shape index (κ2) is 6.74. The van der Waals surface area contributed by atoms with Crippen molar-refractivity contribution >= 4 is 17.3 Å². The number of halogens is 1. The average Bonchev–Trinajstić information content (AvgIpc) is 2.42. The Labute approximate surface area is 122 Å². The molecule has 0 radical (unpaired) electrons. The fourth-order valence-corrected chi connectivity index (χ4v) is 1.83. The number of aryl methyl sites for hydroxylation is 1. The summed E-state index contributed by atoms with van der Waals surface area (Å²) in [6.07, 6.45) is 0.185. The van der Waals surface area contributed by atoms with Gasteiger partial charge in [0.25, 0.3) is 0 Å². The van der Waals surface area contributed by atoms with E-state index in [1.54, 1.807) is 0 Å². The van der Waals surface area contributed by atoms with Gasteiger partial charge < -0.3 is 15.8 Å². The Morgan fingerprint density at radius 1 is 1.29 bits per heavy atom. The highest BCUT2D eigenvalue weighted by molar-refractivity contribution is 5.93. The Morgan fingerprint density at radius 2 is 2.10 bits per heavy atom. The second-order valence-electron chi connectivity index (χ2n) is 4.69. The van der Waals surface area contributed by atoms with Gasteiger partial charge in [-0.25, -0.2) is 4.39 Å². The van der Waals surface area contributed by atoms with E-state index in [2.05, 4.69) is 5.32 Å². The lowest BCUT2D eigenvalue weighted by atomic mass is 10.2. The molecule has 0 spiro atoms. The second-order valence-corrected chi connectivity index (χ2v) is 4.69. The fraction of sp³-hybridized carbons (Fsp3) is 0.188. The number of anilines is 2. The maximum Gasteiger partial charge on any atom is 0.227 e. The molecule has 110 valence electrons. The van der Waals surface area contributed by atoms with Gasteiger partial charge in [-0.15, -0.1) is 0 Å². The monoisotopic (exact) mass is 288 g/mol. The van der Waals surface area contributed by atoms with Crippen molar-refractivity contribution in [3.05, 3.63) is 53.8 Å². The summed E-state index contributed by atoms with van der Waals surface area (Å²) in [4.78, 5) is 11.8. The Bertz CT molecular complexity index is 644. The van der Waals surface area contributed by atoms with Crippen molar-refractivity contribution < 1.29 is 13.9 Å². The van der Waals surface area contributed by atoms with Crippen LogP contribution in [0.2, 0.25) is 0 Å². The van der Waals surface area contributed by atoms with Crippen molar-refractivity contribution in [1.82, 2.24) is 0 Å². The lowest BCUT2D eigenvalue weighted by Crippen LogP contribution is -2.16. The summed E-state index contributed by atoms with van der Waals surface area (Å²) in [5.41, 5.74) is 7.31. The molecule has 2 aromatic rings. The quantitative estimate of drug-likeness (QED) is 0.831. The molecule has 0 saturated heterocycles. The molecule has 5 heteroatoms. The molecule has 0 saturated carbocycles. The van der Waals surface area contributed by atoms with Gasteiger partial charge in [0.1, 0.15) is 11.6 Å². The summed E-state index contributed by atoms with van der Waals surface area (Å²) in [6, 6.07) is 11.4. The van der Waals surface area contributed by atoms with Crippen molar-refractivity contribution in [3.8, 4) is 5.75 Å². The molecule has 21 heavy (non-hydrogen) atoms. The van der Waals surface area contributed by atoms with Crippen LogP contribution in [0.25, 0.3) is 0 Å². The van der Waals surface area contributed by atoms with Crippen molar-refractivity contribution in [2.24, 2.45) is 0 Å². The molecule has 1 amide bonds. The number of carbonyl (C=O) groups excluding carboxylic acids is 1. The summed E-state index contributed by atoms with van der Waals surface area (Å²) in [5, 5.41) is 2.62. The molecule has 4 nitrogen and oxygen atoms in total. The molecule has 0 aromatic heterocycles. The van der Waals surface area contributed by atoms with Gasteiger partial charge in [-0.05, 0) is 42.8 Å². The number of nitrogen functional groups attached to an aromatic ring is 1. The van der Waals surface area contributed by atoms with Crippen molar-refractivity contribution in [1.29, 1.82) is 0 Å². The van der Waals surface area contributed by atoms with Crippen LogP contribution in [0.5, 0.6) is 5.75 Å². The average molecular weight is 288 g/mol. The van der Waals surface area contributed by atoms with Crippen LogP contribution in [0.15, 0.2) is 42.5 Å². The largest absolute Gasteiger partial charge is 0.493 e. The molecule has 2 aromatic carbocycles. The van der Waals surface area contributed by atoms with Gasteiger partial charge in [-0.1, -0.05) is 12.1 Å². The standard InChI is InChI=1S/C16H17FN2O2/c1-11-3-2-4-13(9-11)21-8-7-16(20)19-15-6-5-12(17)10-14(15)18/h2-6,9-10H,7-8,18H2,1H3,(H,19,20). The van der Waals surface area contributed by atoms with E-state index in [0.29, 0.717) is 5.69 Å². The normalized spacial score (nSPS) is 10.2. The van der Waals surface area contributed by atoms with E-state index in [1.807, 2.05) is 31.2 Å². The van der Waals surface area contributed by atoms with Gasteiger partial charge in [0, 0.05) is 0 Å². The van der Waals surface area contributed by atoms with E-state index in [1.165, 1.54) is 18.2 Å². The van der Waals surface area contributed by atoms with E-state index >= 15 is 0 Å². The zero-order valence-corrected chi connectivity index (χ0v) is 11.7. The molecular formula is C16H17FN2O2. The first-order valence-corrected chi connectivity index (χ1v) is 6.59. The highest BCUT2D eigenvalue weighted by Crippen LogP contribution is 2.19. The number of nitrogens with two attached hydrogens (primary N) is 1. The maximum atomic E-state index is 12.9. The van der Waals surface area contributed by atoms with E-state index in [4.69, 9.17) is 10.5 Å². The summed E-state index contributed by atoms with van der Waals surface area (Å²) in [6.45, 7) is 2.23. The molecule has 2 rings (SSSR count). The Morgan fingerprint density at radius 3 is 2.81 bits per heavy atom. The summed E-state index contributed by atoms with van der Waals surface area (Å²) in [7, 11) is 0. The third kappa shape index (κ3) is 4.49. The van der Waals surface area contributed by atoms with Crippen LogP contribution in [-0.4, -0.2) is 12.5 Å². The van der Waals surface area contributed by atoms with Gasteiger partial charge in [0.15, 0.2) is 0 Å². The zero-order valence-electron chi connectivity index (χ0n) is 11.7. The molecule has 0 atom stereocenters. The van der Waals surface area contributed by atoms with Gasteiger partial charge in [0.05, 0.1) is 24.4 Å². The van der Waals surface area contributed by atoms with E-state index < -0.39 is 5.82 Å². The highest BCUT2D eigenvalue weighted by Gasteiger charge is 2.06. The fourth-order valence-electron chi connectivity index (χ4n) is 1.83. The number of ether oxygens (including phenoxy) is 1. The summed E-state index contributed by atoms with van der Waals surface area (Å²) >= 11 is 0. The molecule has 0 unspecified atom stereocenters. The van der Waals surface area contributed by atoms with Gasteiger partial charge >= 0.3 is 0 Å². The third-order valence-electron chi connectivity index (χ3n) is 2.88. The Balaban J connectivity index is 1.82. The molecular weight excluding hydrogens is 271 g/mol. The molecule has 0 aliphatic rings. The molecule has 0 bridgehead atoms. The van der Waals surface area contributed by atoms with Crippen LogP contribution in [0, 0.1) is 12.7 Å². The first-order chi connectivity index (χ1) is 10.0. The molecule has 0 heterocycles. The lowest BCUT2D eigenvalue weighted by molar-refractivity contribution is -0.116. The van der Waals surface area contributed by atoms with Crippen molar-refractivity contribution in [2.75, 3.05) is 17.7 Å². The number of rotatable bonds is 5. The SMILES string of the molecule is Cc1cccc(OCCC(=O)Nc2ccc(F)cc2N)c1. The number of carbonyl (C=O) groups is 1. The van der Waals surface area contributed by atoms with E-state index in [9.17, 15) is 9.18 Å². The van der Waals surface area contributed by atoms with E-state index in [-0.39, 0.29) is 24.6 Å². The van der Waals surface area contributed by atoms with Gasteiger partial charge in [-0.2, -0.15) is 0 Å². The molecule has 0 aliphatic carbocycles. The topological polar surface area (TPSA) is 64.3 Å². The number of hydrogen-bond acceptors (Lipinski definition) is 3. The van der Waals surface area contributed by atoms with Gasteiger partial charge in [0.2, 0.25) is 5.91 Å². The van der Waals surface area contributed by atoms with Crippen LogP contribution in [0.4, 0.5) is 15.8 Å². The number of amides is 1. The van der Waals surface area contributed by atoms with Crippen LogP contribution in [-0.2, 0) is 4.79 Å². The first kappa shape index (κ1) is 14.8. The minimum absolute atomic E-state index is 0.185. The van der Waals surface area contributed by atoms with Crippen LogP contribution in [0.3, 0.4) is 0 Å². The molecule has 0 fully saturated rings. The van der Waals surface area contributed by atoms with Crippen molar-refractivity contribution in [2.45, 2.75) is 13.3 Å². The maximum absolute atomic E-state index is 12.9. The molecule has 0 aliphatic heterocycles. The predicted octanol–water partition coefficient (Wildman–Crippen LogP) is 3.12. The van der Waals surface area contributed by atoms with Crippen LogP contribution < -0.4 is 15.8 Å². The first-order valence-electron chi connectivity index (χ1n) is 6.59. The number of benzene rings is 2. The lowest BCUT2D eigenvalue weighted by Gasteiger charge is -2.09. The highest BCUT2D eigenvalue weighted by atomic mass is 19.1. The Hall–Kier alpha value is -2.56. The smallest absolute Gasteiger partial charge is 0.227 e. The zero-order chi connectivity index (χ0) is 15.2. The predicted molar refractivity (Wildman–Crippen MR) is 80.7 cm³/mol. The molecule has 3 N–H and O–H groups in total. The van der Waals surface area contributed by atoms with Crippen molar-refractivity contribution in [3.63, 3.8) is 0 Å². The van der Waals surface area contributed by atoms with Gasteiger partial charge in [-0.3, -0.25) is 4.79 Å². The number of nitrogens with one attached hydrogen (secondary N) is 1. The minimum atomic E-state index is -0.437. The van der Waals surface area contributed by atoms with Crippen LogP contribution in [0.1, 0.15) is 12.0 Å². The van der Waals surface area contributed by atoms with Crippen LogP contribution >= 0.6 is 0 Å². The summed E-state index contributed by atoms with van der Waals surface area (Å²) < 4.78 is 18.4. The Kier molecular flexibility index (Phi) is 4.77. The minimum Gasteiger partial charge on any atom is -0.493 e. The third-order valence-corrected chi connectivity index (χ3v) is 2.88. The number of hydrogen-bond donors (Lipinski definition) is 2.